The summed E-state index contributed by atoms with van der Waals surface area (Å²) < 4.78 is 16.7. The summed E-state index contributed by atoms with van der Waals surface area (Å²) in [6, 6.07) is 17.4. The third-order valence-electron chi connectivity index (χ3n) is 5.72. The van der Waals surface area contributed by atoms with Gasteiger partial charge in [0.1, 0.15) is 35.7 Å². The van der Waals surface area contributed by atoms with Gasteiger partial charge in [-0.05, 0) is 55.8 Å². The monoisotopic (exact) mass is 461 g/mol. The summed E-state index contributed by atoms with van der Waals surface area (Å²) in [6.07, 6.45) is 0. The van der Waals surface area contributed by atoms with Crippen LogP contribution < -0.4 is 4.74 Å². The summed E-state index contributed by atoms with van der Waals surface area (Å²) in [5.74, 6) is -0.0440. The highest BCUT2D eigenvalue weighted by Gasteiger charge is 2.47. The predicted molar refractivity (Wildman–Crippen MR) is 126 cm³/mol. The molecule has 34 heavy (non-hydrogen) atoms. The molecule has 1 saturated heterocycles. The van der Waals surface area contributed by atoms with Gasteiger partial charge in [0.15, 0.2) is 0 Å². The first-order chi connectivity index (χ1) is 16.4. The second-order valence-corrected chi connectivity index (χ2v) is 8.24. The predicted octanol–water partition coefficient (Wildman–Crippen LogP) is 4.54. The lowest BCUT2D eigenvalue weighted by Crippen LogP contribution is -2.32. The van der Waals surface area contributed by atoms with E-state index in [4.69, 9.17) is 13.9 Å². The highest BCUT2D eigenvalue weighted by molar-refractivity contribution is 6.46. The summed E-state index contributed by atoms with van der Waals surface area (Å²) in [5, 5.41) is 11.1. The van der Waals surface area contributed by atoms with Gasteiger partial charge in [0.05, 0.1) is 12.2 Å². The van der Waals surface area contributed by atoms with Gasteiger partial charge in [0, 0.05) is 19.2 Å². The maximum absolute atomic E-state index is 12.9. The van der Waals surface area contributed by atoms with Crippen molar-refractivity contribution in [3.05, 3.63) is 94.4 Å². The minimum atomic E-state index is -0.832. The van der Waals surface area contributed by atoms with Gasteiger partial charge in [-0.25, -0.2) is 0 Å². The lowest BCUT2D eigenvalue weighted by molar-refractivity contribution is -0.140. The van der Waals surface area contributed by atoms with Crippen LogP contribution in [0, 0.1) is 13.8 Å². The van der Waals surface area contributed by atoms with Crippen LogP contribution in [0.25, 0.3) is 5.76 Å². The lowest BCUT2D eigenvalue weighted by Gasteiger charge is -2.22. The van der Waals surface area contributed by atoms with Crippen LogP contribution >= 0.6 is 0 Å². The Morgan fingerprint density at radius 1 is 1.06 bits per heavy atom. The molecule has 176 valence electrons. The maximum Gasteiger partial charge on any atom is 0.295 e. The Balaban J connectivity index is 1.62. The van der Waals surface area contributed by atoms with Crippen molar-refractivity contribution < 1.29 is 28.6 Å². The molecular weight excluding hydrogens is 434 g/mol. The highest BCUT2D eigenvalue weighted by atomic mass is 16.5. The summed E-state index contributed by atoms with van der Waals surface area (Å²) in [6.45, 7) is 4.65. The Morgan fingerprint density at radius 2 is 1.82 bits per heavy atom. The summed E-state index contributed by atoms with van der Waals surface area (Å²) in [5.41, 5.74) is 2.60. The average Bonchev–Trinajstić information content (AvgIpc) is 3.37. The van der Waals surface area contributed by atoms with Gasteiger partial charge >= 0.3 is 0 Å². The zero-order valence-corrected chi connectivity index (χ0v) is 19.4. The van der Waals surface area contributed by atoms with Crippen LogP contribution in [0.5, 0.6) is 5.75 Å². The Kier molecular flexibility index (Phi) is 6.84. The molecule has 0 saturated carbocycles. The van der Waals surface area contributed by atoms with E-state index >= 15 is 0 Å². The van der Waals surface area contributed by atoms with Crippen LogP contribution in [0.1, 0.15) is 34.3 Å². The molecule has 0 unspecified atom stereocenters. The highest BCUT2D eigenvalue weighted by Crippen LogP contribution is 2.40. The van der Waals surface area contributed by atoms with Crippen LogP contribution in [-0.2, 0) is 20.9 Å². The lowest BCUT2D eigenvalue weighted by atomic mass is 9.99. The number of carbonyl (C=O) groups excluding carboxylic acids is 2. The number of carbonyl (C=O) groups is 2. The number of aryl methyl sites for hydroxylation is 2. The van der Waals surface area contributed by atoms with E-state index in [0.29, 0.717) is 29.4 Å². The van der Waals surface area contributed by atoms with E-state index in [9.17, 15) is 14.7 Å². The number of Topliss-reactive ketones (excluding diaryl/α,β-unsaturated/α-hetero) is 1. The van der Waals surface area contributed by atoms with E-state index < -0.39 is 17.7 Å². The van der Waals surface area contributed by atoms with Gasteiger partial charge in [0.25, 0.3) is 11.7 Å². The zero-order valence-electron chi connectivity index (χ0n) is 19.4. The van der Waals surface area contributed by atoms with Crippen molar-refractivity contribution in [2.24, 2.45) is 0 Å². The maximum atomic E-state index is 12.9. The largest absolute Gasteiger partial charge is 0.507 e. The molecule has 0 radical (unpaired) electrons. The first-order valence-corrected chi connectivity index (χ1v) is 11.0. The van der Waals surface area contributed by atoms with Gasteiger partial charge in [-0.2, -0.15) is 0 Å². The number of methoxy groups -OCH3 is 1. The normalized spacial score (nSPS) is 17.4. The number of aliphatic hydroxyl groups is 1. The fourth-order valence-electron chi connectivity index (χ4n) is 4.03. The smallest absolute Gasteiger partial charge is 0.295 e. The van der Waals surface area contributed by atoms with E-state index in [1.165, 1.54) is 12.0 Å². The number of hydrogen-bond donors (Lipinski definition) is 1. The first kappa shape index (κ1) is 23.3. The van der Waals surface area contributed by atoms with E-state index in [2.05, 4.69) is 6.07 Å². The molecule has 3 aromatic rings. The number of ketones is 1. The second-order valence-electron chi connectivity index (χ2n) is 8.24. The molecule has 4 rings (SSSR count). The second kappa shape index (κ2) is 9.97. The number of likely N-dealkylation sites (tertiary alicyclic amines) is 1. The molecule has 1 atom stereocenters. The number of nitrogens with zero attached hydrogens (tertiary/aromatic N) is 1. The van der Waals surface area contributed by atoms with Gasteiger partial charge in [-0.15, -0.1) is 0 Å². The third-order valence-corrected chi connectivity index (χ3v) is 5.72. The summed E-state index contributed by atoms with van der Waals surface area (Å²) in [4.78, 5) is 27.1. The Labute approximate surface area is 198 Å². The van der Waals surface area contributed by atoms with Crippen LogP contribution in [0.2, 0.25) is 0 Å². The van der Waals surface area contributed by atoms with E-state index in [0.717, 1.165) is 11.1 Å². The molecule has 1 aliphatic heterocycles. The van der Waals surface area contributed by atoms with Crippen molar-refractivity contribution in [1.82, 2.24) is 4.90 Å². The molecule has 1 aromatic heterocycles. The fraction of sp³-hybridized carbons (Fsp3) is 0.259. The van der Waals surface area contributed by atoms with Gasteiger partial charge in [-0.3, -0.25) is 9.59 Å². The molecule has 1 amide bonds. The minimum absolute atomic E-state index is 0.0103. The molecule has 2 heterocycles. The number of rotatable bonds is 8. The van der Waals surface area contributed by atoms with Crippen molar-refractivity contribution in [1.29, 1.82) is 0 Å². The Bertz CT molecular complexity index is 1220. The molecule has 2 aromatic carbocycles. The molecule has 7 heteroatoms. The molecular formula is C27H27NO6. The number of benzene rings is 2. The molecule has 0 spiro atoms. The number of aliphatic hydroxyl groups excluding tert-OH is 1. The SMILES string of the molecule is COCCN1C(=O)C(=O)C(=C(O)c2ccc(OCc3cccc(C)c3)cc2)[C@H]1c1ccc(C)o1. The molecule has 1 N–H and O–H groups in total. The van der Waals surface area contributed by atoms with Gasteiger partial charge in [0.2, 0.25) is 0 Å². The quantitative estimate of drug-likeness (QED) is 0.301. The van der Waals surface area contributed by atoms with Crippen LogP contribution in [0.15, 0.2) is 70.7 Å². The fourth-order valence-corrected chi connectivity index (χ4v) is 4.03. The van der Waals surface area contributed by atoms with Gasteiger partial charge in [-0.1, -0.05) is 29.8 Å². The number of amides is 1. The molecule has 7 nitrogen and oxygen atoms in total. The van der Waals surface area contributed by atoms with E-state index in [-0.39, 0.29) is 24.5 Å². The van der Waals surface area contributed by atoms with Crippen molar-refractivity contribution in [2.75, 3.05) is 20.3 Å². The molecule has 1 aliphatic rings. The minimum Gasteiger partial charge on any atom is -0.507 e. The topological polar surface area (TPSA) is 89.2 Å². The van der Waals surface area contributed by atoms with Crippen molar-refractivity contribution in [3.8, 4) is 5.75 Å². The van der Waals surface area contributed by atoms with Crippen molar-refractivity contribution >= 4 is 17.4 Å². The van der Waals surface area contributed by atoms with E-state index in [1.807, 2.05) is 25.1 Å². The first-order valence-electron chi connectivity index (χ1n) is 11.0. The van der Waals surface area contributed by atoms with Crippen LogP contribution in [0.4, 0.5) is 0 Å². The van der Waals surface area contributed by atoms with Gasteiger partial charge < -0.3 is 23.9 Å². The van der Waals surface area contributed by atoms with Crippen LogP contribution in [0.3, 0.4) is 0 Å². The van der Waals surface area contributed by atoms with Crippen molar-refractivity contribution in [2.45, 2.75) is 26.5 Å². The summed E-state index contributed by atoms with van der Waals surface area (Å²) in [7, 11) is 1.52. The third kappa shape index (κ3) is 4.75. The van der Waals surface area contributed by atoms with Crippen molar-refractivity contribution in [3.63, 3.8) is 0 Å². The molecule has 0 aliphatic carbocycles. The molecule has 0 bridgehead atoms. The standard InChI is InChI=1S/C27H27NO6/c1-17-5-4-6-19(15-17)16-33-21-10-8-20(9-11-21)25(29)23-24(22-12-7-18(2)34-22)28(13-14-32-3)27(31)26(23)30/h4-12,15,24,29H,13-14,16H2,1-3H3/t24-/m1/s1. The summed E-state index contributed by atoms with van der Waals surface area (Å²) >= 11 is 0. The Hall–Kier alpha value is -3.84. The number of ether oxygens (including phenoxy) is 2. The Morgan fingerprint density at radius 3 is 2.47 bits per heavy atom. The average molecular weight is 462 g/mol. The molecule has 1 fully saturated rings. The van der Waals surface area contributed by atoms with E-state index in [1.54, 1.807) is 43.3 Å². The van der Waals surface area contributed by atoms with Crippen LogP contribution in [-0.4, -0.2) is 42.0 Å². The zero-order chi connectivity index (χ0) is 24.2. The number of hydrogen-bond acceptors (Lipinski definition) is 6. The number of furan rings is 1.